The molecule has 3 nitrogen and oxygen atoms in total. The zero-order chi connectivity index (χ0) is 15.9. The van der Waals surface area contributed by atoms with Crippen molar-refractivity contribution in [1.29, 1.82) is 0 Å². The highest BCUT2D eigenvalue weighted by Gasteiger charge is 2.12. The van der Waals surface area contributed by atoms with Crippen molar-refractivity contribution in [3.05, 3.63) is 65.2 Å². The topological polar surface area (TPSA) is 32.7 Å². The summed E-state index contributed by atoms with van der Waals surface area (Å²) in [5, 5.41) is 10.4. The quantitative estimate of drug-likeness (QED) is 0.848. The monoisotopic (exact) mass is 299 g/mol. The molecular weight excluding hydrogens is 274 g/mol. The summed E-state index contributed by atoms with van der Waals surface area (Å²) < 4.78 is 5.20. The fourth-order valence-electron chi connectivity index (χ4n) is 2.62. The first-order chi connectivity index (χ1) is 10.6. The van der Waals surface area contributed by atoms with E-state index in [1.807, 2.05) is 31.2 Å². The van der Waals surface area contributed by atoms with Crippen molar-refractivity contribution in [3.8, 4) is 5.75 Å². The Bertz CT molecular complexity index is 583. The highest BCUT2D eigenvalue weighted by Crippen LogP contribution is 2.24. The molecule has 1 unspecified atom stereocenters. The van der Waals surface area contributed by atoms with Crippen molar-refractivity contribution < 1.29 is 9.84 Å². The number of methoxy groups -OCH3 is 1. The van der Waals surface area contributed by atoms with Crippen molar-refractivity contribution in [3.63, 3.8) is 0 Å². The molecule has 0 aliphatic rings. The van der Waals surface area contributed by atoms with Crippen LogP contribution >= 0.6 is 0 Å². The van der Waals surface area contributed by atoms with Crippen LogP contribution in [0.5, 0.6) is 5.75 Å². The van der Waals surface area contributed by atoms with Gasteiger partial charge in [-0.05, 0) is 49.2 Å². The minimum atomic E-state index is -0.441. The lowest BCUT2D eigenvalue weighted by molar-refractivity contribution is 0.147. The van der Waals surface area contributed by atoms with Gasteiger partial charge in [0, 0.05) is 13.1 Å². The number of aryl methyl sites for hydroxylation is 1. The highest BCUT2D eigenvalue weighted by molar-refractivity contribution is 5.36. The zero-order valence-corrected chi connectivity index (χ0v) is 13.6. The van der Waals surface area contributed by atoms with E-state index in [0.29, 0.717) is 0 Å². The molecule has 0 radical (unpaired) electrons. The maximum absolute atomic E-state index is 10.4. The predicted octanol–water partition coefficient (Wildman–Crippen LogP) is 3.56. The van der Waals surface area contributed by atoms with Crippen LogP contribution in [-0.2, 0) is 6.54 Å². The molecule has 0 aromatic heterocycles. The molecule has 1 atom stereocenters. The molecule has 2 rings (SSSR count). The Morgan fingerprint density at radius 1 is 1.14 bits per heavy atom. The molecule has 1 N–H and O–H groups in total. The summed E-state index contributed by atoms with van der Waals surface area (Å²) in [6.45, 7) is 3.76. The average Bonchev–Trinajstić information content (AvgIpc) is 2.53. The molecule has 0 heterocycles. The highest BCUT2D eigenvalue weighted by atomic mass is 16.5. The standard InChI is InChI=1S/C19H25NO2/c1-15-13-17(22-3)9-10-18(15)19(21)11-12-20(2)14-16-7-5-4-6-8-16/h4-10,13,19,21H,11-12,14H2,1-3H3. The largest absolute Gasteiger partial charge is 0.497 e. The molecule has 2 aromatic carbocycles. The number of ether oxygens (including phenoxy) is 1. The Kier molecular flexibility index (Phi) is 5.99. The van der Waals surface area contributed by atoms with Crippen LogP contribution in [-0.4, -0.2) is 30.7 Å². The normalized spacial score (nSPS) is 12.4. The number of nitrogens with zero attached hydrogens (tertiary/aromatic N) is 1. The minimum absolute atomic E-state index is 0.441. The van der Waals surface area contributed by atoms with Crippen LogP contribution in [0.3, 0.4) is 0 Å². The lowest BCUT2D eigenvalue weighted by atomic mass is 10.0. The maximum Gasteiger partial charge on any atom is 0.119 e. The first kappa shape index (κ1) is 16.5. The van der Waals surface area contributed by atoms with Crippen LogP contribution < -0.4 is 4.74 Å². The van der Waals surface area contributed by atoms with E-state index in [0.717, 1.165) is 36.4 Å². The molecule has 0 saturated carbocycles. The number of aliphatic hydroxyl groups is 1. The predicted molar refractivity (Wildman–Crippen MR) is 90.1 cm³/mol. The summed E-state index contributed by atoms with van der Waals surface area (Å²) in [5.41, 5.74) is 3.34. The lowest BCUT2D eigenvalue weighted by Crippen LogP contribution is -2.21. The van der Waals surface area contributed by atoms with Crippen LogP contribution in [0.25, 0.3) is 0 Å². The second kappa shape index (κ2) is 7.97. The molecule has 3 heteroatoms. The van der Waals surface area contributed by atoms with Crippen LogP contribution in [0.1, 0.15) is 29.2 Å². The van der Waals surface area contributed by atoms with Crippen molar-refractivity contribution in [2.75, 3.05) is 20.7 Å². The first-order valence-corrected chi connectivity index (χ1v) is 7.65. The third kappa shape index (κ3) is 4.58. The van der Waals surface area contributed by atoms with Gasteiger partial charge in [-0.3, -0.25) is 0 Å². The fraction of sp³-hybridized carbons (Fsp3) is 0.368. The molecule has 0 saturated heterocycles. The molecule has 22 heavy (non-hydrogen) atoms. The van der Waals surface area contributed by atoms with Gasteiger partial charge in [0.1, 0.15) is 5.75 Å². The Morgan fingerprint density at radius 2 is 1.86 bits per heavy atom. The van der Waals surface area contributed by atoms with E-state index in [1.54, 1.807) is 7.11 Å². The van der Waals surface area contributed by atoms with E-state index in [1.165, 1.54) is 5.56 Å². The molecule has 0 fully saturated rings. The minimum Gasteiger partial charge on any atom is -0.497 e. The van der Waals surface area contributed by atoms with Crippen molar-refractivity contribution >= 4 is 0 Å². The Hall–Kier alpha value is -1.84. The van der Waals surface area contributed by atoms with E-state index >= 15 is 0 Å². The molecule has 118 valence electrons. The Morgan fingerprint density at radius 3 is 2.50 bits per heavy atom. The fourth-order valence-corrected chi connectivity index (χ4v) is 2.62. The van der Waals surface area contributed by atoms with Crippen molar-refractivity contribution in [2.24, 2.45) is 0 Å². The molecular formula is C19H25NO2. The Labute approximate surface area is 133 Å². The summed E-state index contributed by atoms with van der Waals surface area (Å²) in [7, 11) is 3.74. The van der Waals surface area contributed by atoms with Gasteiger partial charge in [-0.25, -0.2) is 0 Å². The summed E-state index contributed by atoms with van der Waals surface area (Å²) in [6, 6.07) is 16.2. The Balaban J connectivity index is 1.88. The van der Waals surface area contributed by atoms with Gasteiger partial charge in [-0.2, -0.15) is 0 Å². The van der Waals surface area contributed by atoms with Crippen LogP contribution in [0.2, 0.25) is 0 Å². The SMILES string of the molecule is COc1ccc(C(O)CCN(C)Cc2ccccc2)c(C)c1. The van der Waals surface area contributed by atoms with Crippen molar-refractivity contribution in [1.82, 2.24) is 4.90 Å². The van der Waals surface area contributed by atoms with Gasteiger partial charge in [0.2, 0.25) is 0 Å². The molecule has 2 aromatic rings. The summed E-state index contributed by atoms with van der Waals surface area (Å²) in [5.74, 6) is 0.828. The van der Waals surface area contributed by atoms with Crippen LogP contribution in [0, 0.1) is 6.92 Å². The second-order valence-electron chi connectivity index (χ2n) is 5.75. The van der Waals surface area contributed by atoms with Gasteiger partial charge >= 0.3 is 0 Å². The van der Waals surface area contributed by atoms with Gasteiger partial charge in [0.25, 0.3) is 0 Å². The summed E-state index contributed by atoms with van der Waals surface area (Å²) in [4.78, 5) is 2.23. The van der Waals surface area contributed by atoms with E-state index < -0.39 is 6.10 Å². The second-order valence-corrected chi connectivity index (χ2v) is 5.75. The van der Waals surface area contributed by atoms with Crippen molar-refractivity contribution in [2.45, 2.75) is 26.0 Å². The van der Waals surface area contributed by atoms with E-state index in [4.69, 9.17) is 4.74 Å². The smallest absolute Gasteiger partial charge is 0.119 e. The molecule has 0 spiro atoms. The molecule has 0 aliphatic carbocycles. The number of hydrogen-bond acceptors (Lipinski definition) is 3. The summed E-state index contributed by atoms with van der Waals surface area (Å²) >= 11 is 0. The molecule has 0 amide bonds. The van der Waals surface area contributed by atoms with Gasteiger partial charge in [-0.1, -0.05) is 36.4 Å². The molecule has 0 aliphatic heterocycles. The van der Waals surface area contributed by atoms with Gasteiger partial charge in [0.05, 0.1) is 13.2 Å². The number of aliphatic hydroxyl groups excluding tert-OH is 1. The zero-order valence-electron chi connectivity index (χ0n) is 13.6. The summed E-state index contributed by atoms with van der Waals surface area (Å²) in [6.07, 6.45) is 0.278. The third-order valence-electron chi connectivity index (χ3n) is 3.92. The number of rotatable bonds is 7. The first-order valence-electron chi connectivity index (χ1n) is 7.65. The van der Waals surface area contributed by atoms with Crippen LogP contribution in [0.15, 0.2) is 48.5 Å². The van der Waals surface area contributed by atoms with Gasteiger partial charge < -0.3 is 14.7 Å². The van der Waals surface area contributed by atoms with E-state index in [9.17, 15) is 5.11 Å². The van der Waals surface area contributed by atoms with Gasteiger partial charge in [0.15, 0.2) is 0 Å². The number of hydrogen-bond donors (Lipinski definition) is 1. The van der Waals surface area contributed by atoms with E-state index in [-0.39, 0.29) is 0 Å². The van der Waals surface area contributed by atoms with E-state index in [2.05, 4.69) is 36.2 Å². The van der Waals surface area contributed by atoms with Gasteiger partial charge in [-0.15, -0.1) is 0 Å². The average molecular weight is 299 g/mol. The third-order valence-corrected chi connectivity index (χ3v) is 3.92. The molecule has 0 bridgehead atoms. The van der Waals surface area contributed by atoms with Crippen LogP contribution in [0.4, 0.5) is 0 Å². The number of benzene rings is 2. The maximum atomic E-state index is 10.4. The lowest BCUT2D eigenvalue weighted by Gasteiger charge is -2.20.